The van der Waals surface area contributed by atoms with Gasteiger partial charge in [0.1, 0.15) is 0 Å². The van der Waals surface area contributed by atoms with Crippen LogP contribution in [0.4, 0.5) is 5.69 Å². The summed E-state index contributed by atoms with van der Waals surface area (Å²) in [6.45, 7) is 2.01. The molecule has 0 bridgehead atoms. The van der Waals surface area contributed by atoms with Gasteiger partial charge in [-0.3, -0.25) is 9.59 Å². The molecule has 0 unspecified atom stereocenters. The zero-order valence-electron chi connectivity index (χ0n) is 12.5. The van der Waals surface area contributed by atoms with Crippen molar-refractivity contribution in [2.45, 2.75) is 25.7 Å². The van der Waals surface area contributed by atoms with E-state index in [1.54, 1.807) is 4.90 Å². The van der Waals surface area contributed by atoms with Crippen LogP contribution < -0.4 is 15.5 Å². The predicted octanol–water partition coefficient (Wildman–Crippen LogP) is 1.08. The van der Waals surface area contributed by atoms with E-state index >= 15 is 0 Å². The van der Waals surface area contributed by atoms with Crippen molar-refractivity contribution in [3.63, 3.8) is 0 Å². The molecular formula is C16H23N3O2. The second kappa shape index (κ2) is 7.78. The lowest BCUT2D eigenvalue weighted by molar-refractivity contribution is -0.121. The number of fused-ring (bicyclic) bond motifs is 1. The molecule has 0 saturated heterocycles. The third kappa shape index (κ3) is 4.29. The first-order valence-electron chi connectivity index (χ1n) is 7.52. The fourth-order valence-electron chi connectivity index (χ4n) is 2.54. The zero-order chi connectivity index (χ0) is 15.1. The smallest absolute Gasteiger partial charge is 0.227 e. The van der Waals surface area contributed by atoms with Crippen molar-refractivity contribution in [3.8, 4) is 0 Å². The average Bonchev–Trinajstić information content (AvgIpc) is 2.50. The topological polar surface area (TPSA) is 61.4 Å². The van der Waals surface area contributed by atoms with E-state index in [4.69, 9.17) is 0 Å². The van der Waals surface area contributed by atoms with Gasteiger partial charge in [0.15, 0.2) is 0 Å². The lowest BCUT2D eigenvalue weighted by Crippen LogP contribution is -2.38. The minimum atomic E-state index is 0.00181. The number of carbonyl (C=O) groups is 2. The number of amides is 2. The van der Waals surface area contributed by atoms with E-state index in [9.17, 15) is 9.59 Å². The summed E-state index contributed by atoms with van der Waals surface area (Å²) >= 11 is 0. The van der Waals surface area contributed by atoms with E-state index in [0.29, 0.717) is 25.9 Å². The monoisotopic (exact) mass is 289 g/mol. The lowest BCUT2D eigenvalue weighted by Gasteiger charge is -2.29. The highest BCUT2D eigenvalue weighted by Gasteiger charge is 2.23. The van der Waals surface area contributed by atoms with Gasteiger partial charge in [-0.15, -0.1) is 0 Å². The number of rotatable bonds is 7. The summed E-state index contributed by atoms with van der Waals surface area (Å²) in [6.07, 6.45) is 2.58. The summed E-state index contributed by atoms with van der Waals surface area (Å²) in [5, 5.41) is 5.92. The maximum Gasteiger partial charge on any atom is 0.227 e. The fraction of sp³-hybridized carbons (Fsp3) is 0.500. The van der Waals surface area contributed by atoms with E-state index in [0.717, 1.165) is 25.1 Å². The first-order chi connectivity index (χ1) is 10.2. The largest absolute Gasteiger partial charge is 0.356 e. The van der Waals surface area contributed by atoms with Gasteiger partial charge in [-0.25, -0.2) is 0 Å². The number of para-hydroxylation sites is 1. The first-order valence-corrected chi connectivity index (χ1v) is 7.52. The molecule has 1 aliphatic rings. The highest BCUT2D eigenvalue weighted by atomic mass is 16.2. The van der Waals surface area contributed by atoms with Gasteiger partial charge in [0.25, 0.3) is 0 Å². The Morgan fingerprint density at radius 1 is 1.24 bits per heavy atom. The van der Waals surface area contributed by atoms with Gasteiger partial charge in [-0.05, 0) is 38.1 Å². The van der Waals surface area contributed by atoms with Crippen molar-refractivity contribution in [1.29, 1.82) is 0 Å². The van der Waals surface area contributed by atoms with Gasteiger partial charge in [-0.1, -0.05) is 18.2 Å². The number of nitrogens with zero attached hydrogens (tertiary/aromatic N) is 1. The van der Waals surface area contributed by atoms with Gasteiger partial charge in [0.05, 0.1) is 0 Å². The van der Waals surface area contributed by atoms with Crippen molar-refractivity contribution in [3.05, 3.63) is 29.8 Å². The van der Waals surface area contributed by atoms with Gasteiger partial charge in [0.2, 0.25) is 11.8 Å². The molecule has 0 spiro atoms. The molecule has 2 N–H and O–H groups in total. The van der Waals surface area contributed by atoms with Crippen molar-refractivity contribution >= 4 is 17.5 Å². The fourth-order valence-corrected chi connectivity index (χ4v) is 2.54. The quantitative estimate of drug-likeness (QED) is 0.739. The Balaban J connectivity index is 1.85. The van der Waals surface area contributed by atoms with Crippen LogP contribution in [0.25, 0.3) is 0 Å². The van der Waals surface area contributed by atoms with Crippen LogP contribution in [0.1, 0.15) is 24.8 Å². The van der Waals surface area contributed by atoms with Crippen molar-refractivity contribution in [2.75, 3.05) is 31.6 Å². The van der Waals surface area contributed by atoms with Crippen molar-refractivity contribution in [2.24, 2.45) is 0 Å². The Bertz CT molecular complexity index is 502. The van der Waals surface area contributed by atoms with Crippen LogP contribution in [-0.4, -0.2) is 38.5 Å². The summed E-state index contributed by atoms with van der Waals surface area (Å²) in [4.78, 5) is 25.6. The van der Waals surface area contributed by atoms with E-state index in [1.807, 2.05) is 31.3 Å². The molecule has 1 aromatic rings. The Hall–Kier alpha value is -1.88. The Kier molecular flexibility index (Phi) is 5.75. The second-order valence-corrected chi connectivity index (χ2v) is 5.23. The molecule has 0 saturated carbocycles. The van der Waals surface area contributed by atoms with Crippen LogP contribution in [-0.2, 0) is 16.0 Å². The number of aryl methyl sites for hydroxylation is 1. The van der Waals surface area contributed by atoms with Crippen LogP contribution >= 0.6 is 0 Å². The predicted molar refractivity (Wildman–Crippen MR) is 83.3 cm³/mol. The highest BCUT2D eigenvalue weighted by molar-refractivity contribution is 5.96. The number of hydrogen-bond acceptors (Lipinski definition) is 3. The standard InChI is InChI=1S/C16H23N3O2/c1-17-10-4-11-18-15(20)9-12-19-14-6-3-2-5-13(14)7-8-16(19)21/h2-3,5-6,17H,4,7-12H2,1H3,(H,18,20). The number of hydrogen-bond donors (Lipinski definition) is 2. The molecule has 1 aromatic carbocycles. The van der Waals surface area contributed by atoms with Crippen molar-refractivity contribution in [1.82, 2.24) is 10.6 Å². The second-order valence-electron chi connectivity index (χ2n) is 5.23. The molecule has 2 amide bonds. The summed E-state index contributed by atoms with van der Waals surface area (Å²) in [6, 6.07) is 7.92. The minimum Gasteiger partial charge on any atom is -0.356 e. The third-order valence-corrected chi connectivity index (χ3v) is 3.68. The Labute approximate surface area is 125 Å². The molecular weight excluding hydrogens is 266 g/mol. The zero-order valence-corrected chi connectivity index (χ0v) is 12.5. The van der Waals surface area contributed by atoms with E-state index < -0.39 is 0 Å². The molecule has 21 heavy (non-hydrogen) atoms. The summed E-state index contributed by atoms with van der Waals surface area (Å²) < 4.78 is 0. The molecule has 2 rings (SSSR count). The normalized spacial score (nSPS) is 14.0. The lowest BCUT2D eigenvalue weighted by atomic mass is 10.0. The maximum absolute atomic E-state index is 12.1. The number of nitrogens with one attached hydrogen (secondary N) is 2. The van der Waals surface area contributed by atoms with Gasteiger partial charge >= 0.3 is 0 Å². The molecule has 114 valence electrons. The maximum atomic E-state index is 12.1. The van der Waals surface area contributed by atoms with Gasteiger partial charge in [-0.2, -0.15) is 0 Å². The molecule has 0 fully saturated rings. The Morgan fingerprint density at radius 2 is 2.05 bits per heavy atom. The first kappa shape index (κ1) is 15.5. The molecule has 0 aromatic heterocycles. The third-order valence-electron chi connectivity index (χ3n) is 3.68. The average molecular weight is 289 g/mol. The molecule has 5 nitrogen and oxygen atoms in total. The SMILES string of the molecule is CNCCCNC(=O)CCN1C(=O)CCc2ccccc21. The van der Waals surface area contributed by atoms with Crippen LogP contribution in [0.15, 0.2) is 24.3 Å². The molecule has 5 heteroatoms. The van der Waals surface area contributed by atoms with Gasteiger partial charge in [0, 0.05) is 31.6 Å². The number of benzene rings is 1. The van der Waals surface area contributed by atoms with E-state index in [1.165, 1.54) is 5.56 Å². The summed E-state index contributed by atoms with van der Waals surface area (Å²) in [7, 11) is 1.89. The molecule has 1 heterocycles. The molecule has 0 radical (unpaired) electrons. The van der Waals surface area contributed by atoms with Crippen molar-refractivity contribution < 1.29 is 9.59 Å². The van der Waals surface area contributed by atoms with E-state index in [2.05, 4.69) is 10.6 Å². The van der Waals surface area contributed by atoms with E-state index in [-0.39, 0.29) is 11.8 Å². The summed E-state index contributed by atoms with van der Waals surface area (Å²) in [5.74, 6) is 0.110. The molecule has 0 aliphatic carbocycles. The van der Waals surface area contributed by atoms with Crippen LogP contribution in [0, 0.1) is 0 Å². The summed E-state index contributed by atoms with van der Waals surface area (Å²) in [5.41, 5.74) is 2.14. The number of carbonyl (C=O) groups excluding carboxylic acids is 2. The van der Waals surface area contributed by atoms with Crippen LogP contribution in [0.3, 0.4) is 0 Å². The van der Waals surface area contributed by atoms with Crippen LogP contribution in [0.5, 0.6) is 0 Å². The Morgan fingerprint density at radius 3 is 2.86 bits per heavy atom. The minimum absolute atomic E-state index is 0.00181. The van der Waals surface area contributed by atoms with Gasteiger partial charge < -0.3 is 15.5 Å². The molecule has 1 aliphatic heterocycles. The number of anilines is 1. The molecule has 0 atom stereocenters. The van der Waals surface area contributed by atoms with Crippen LogP contribution in [0.2, 0.25) is 0 Å². The highest BCUT2D eigenvalue weighted by Crippen LogP contribution is 2.27.